The quantitative estimate of drug-likeness (QED) is 0.842. The number of aryl methyl sites for hydroxylation is 1. The van der Waals surface area contributed by atoms with Crippen molar-refractivity contribution in [3.63, 3.8) is 0 Å². The molecule has 1 aliphatic heterocycles. The number of benzene rings is 1. The van der Waals surface area contributed by atoms with Crippen molar-refractivity contribution in [2.24, 2.45) is 0 Å². The lowest BCUT2D eigenvalue weighted by Crippen LogP contribution is -2.25. The molecule has 1 unspecified atom stereocenters. The molecular weight excluding hydrogens is 344 g/mol. The molecule has 1 aliphatic rings. The second kappa shape index (κ2) is 8.81. The van der Waals surface area contributed by atoms with Gasteiger partial charge in [-0.05, 0) is 50.5 Å². The predicted octanol–water partition coefficient (Wildman–Crippen LogP) is 3.05. The fourth-order valence-corrected chi connectivity index (χ4v) is 2.85. The average molecular weight is 370 g/mol. The van der Waals surface area contributed by atoms with Crippen molar-refractivity contribution in [1.29, 1.82) is 0 Å². The highest BCUT2D eigenvalue weighted by Crippen LogP contribution is 2.19. The number of anilines is 2. The van der Waals surface area contributed by atoms with Gasteiger partial charge in [-0.2, -0.15) is 0 Å². The Bertz CT molecular complexity index is 771. The van der Waals surface area contributed by atoms with Gasteiger partial charge in [-0.15, -0.1) is 0 Å². The number of carbonyl (C=O) groups is 1. The Kier molecular flexibility index (Phi) is 6.24. The first kappa shape index (κ1) is 19.1. The van der Waals surface area contributed by atoms with E-state index in [1.165, 1.54) is 6.42 Å². The van der Waals surface area contributed by atoms with Gasteiger partial charge in [0.1, 0.15) is 12.4 Å². The highest BCUT2D eigenvalue weighted by Gasteiger charge is 2.15. The second-order valence-electron chi connectivity index (χ2n) is 6.84. The summed E-state index contributed by atoms with van der Waals surface area (Å²) in [4.78, 5) is 22.8. The zero-order valence-corrected chi connectivity index (χ0v) is 16.1. The fourth-order valence-electron chi connectivity index (χ4n) is 2.85. The van der Waals surface area contributed by atoms with Crippen LogP contribution in [-0.4, -0.2) is 49.3 Å². The van der Waals surface area contributed by atoms with Crippen LogP contribution >= 0.6 is 0 Å². The van der Waals surface area contributed by atoms with Crippen LogP contribution in [0.3, 0.4) is 0 Å². The largest absolute Gasteiger partial charge is 0.491 e. The van der Waals surface area contributed by atoms with Gasteiger partial charge in [-0.25, -0.2) is 9.97 Å². The van der Waals surface area contributed by atoms with Crippen LogP contribution in [0.2, 0.25) is 0 Å². The second-order valence-corrected chi connectivity index (χ2v) is 6.84. The molecule has 27 heavy (non-hydrogen) atoms. The number of carbonyl (C=O) groups excluding carboxylic acids is 1. The third-order valence-electron chi connectivity index (χ3n) is 4.43. The molecule has 7 nitrogen and oxygen atoms in total. The van der Waals surface area contributed by atoms with Crippen molar-refractivity contribution >= 4 is 17.5 Å². The number of hydrogen-bond acceptors (Lipinski definition) is 6. The standard InChI is InChI=1S/C20H26N4O3/c1-14-18(12-21-20(22-14)24(2)3)19(25)23-15-7-9-16(10-8-15)27-13-17-6-4-5-11-26-17/h7-10,12,17H,4-6,11,13H2,1-3H3,(H,23,25). The number of nitrogens with zero attached hydrogens (tertiary/aromatic N) is 3. The van der Waals surface area contributed by atoms with Gasteiger partial charge in [-0.1, -0.05) is 0 Å². The third-order valence-corrected chi connectivity index (χ3v) is 4.43. The Morgan fingerprint density at radius 2 is 2.07 bits per heavy atom. The number of aromatic nitrogens is 2. The molecule has 144 valence electrons. The lowest BCUT2D eigenvalue weighted by molar-refractivity contribution is -0.0110. The molecule has 1 amide bonds. The van der Waals surface area contributed by atoms with E-state index in [0.717, 1.165) is 25.2 Å². The van der Waals surface area contributed by atoms with Gasteiger partial charge in [-0.3, -0.25) is 4.79 Å². The van der Waals surface area contributed by atoms with Gasteiger partial charge >= 0.3 is 0 Å². The summed E-state index contributed by atoms with van der Waals surface area (Å²) in [6.07, 6.45) is 5.09. The van der Waals surface area contributed by atoms with Crippen LogP contribution in [0.25, 0.3) is 0 Å². The molecule has 0 radical (unpaired) electrons. The van der Waals surface area contributed by atoms with Gasteiger partial charge in [0, 0.05) is 32.6 Å². The minimum absolute atomic E-state index is 0.172. The van der Waals surface area contributed by atoms with Gasteiger partial charge < -0.3 is 19.7 Å². The molecular formula is C20H26N4O3. The maximum absolute atomic E-state index is 12.5. The van der Waals surface area contributed by atoms with Crippen LogP contribution in [-0.2, 0) is 4.74 Å². The Balaban J connectivity index is 1.56. The predicted molar refractivity (Wildman–Crippen MR) is 105 cm³/mol. The molecule has 1 atom stereocenters. The molecule has 7 heteroatoms. The van der Waals surface area contributed by atoms with Crippen LogP contribution in [0.1, 0.15) is 35.3 Å². The fraction of sp³-hybridized carbons (Fsp3) is 0.450. The SMILES string of the molecule is Cc1nc(N(C)C)ncc1C(=O)Nc1ccc(OCC2CCCCO2)cc1. The van der Waals surface area contributed by atoms with E-state index in [4.69, 9.17) is 9.47 Å². The number of ether oxygens (including phenoxy) is 2. The van der Waals surface area contributed by atoms with Crippen molar-refractivity contribution in [2.75, 3.05) is 37.5 Å². The minimum atomic E-state index is -0.234. The molecule has 2 heterocycles. The van der Waals surface area contributed by atoms with E-state index in [1.807, 2.05) is 38.4 Å². The molecule has 2 aromatic rings. The molecule has 3 rings (SSSR count). The van der Waals surface area contributed by atoms with Gasteiger partial charge in [0.05, 0.1) is 17.4 Å². The maximum atomic E-state index is 12.5. The van der Waals surface area contributed by atoms with Crippen LogP contribution < -0.4 is 15.0 Å². The summed E-state index contributed by atoms with van der Waals surface area (Å²) in [7, 11) is 3.72. The zero-order chi connectivity index (χ0) is 19.2. The Morgan fingerprint density at radius 1 is 1.30 bits per heavy atom. The number of nitrogens with one attached hydrogen (secondary N) is 1. The van der Waals surface area contributed by atoms with Crippen LogP contribution in [0.5, 0.6) is 5.75 Å². The summed E-state index contributed by atoms with van der Waals surface area (Å²) in [5.74, 6) is 1.10. The van der Waals surface area contributed by atoms with E-state index in [0.29, 0.717) is 29.5 Å². The average Bonchev–Trinajstić information content (AvgIpc) is 2.68. The Morgan fingerprint density at radius 3 is 2.70 bits per heavy atom. The summed E-state index contributed by atoms with van der Waals surface area (Å²) < 4.78 is 11.4. The summed E-state index contributed by atoms with van der Waals surface area (Å²) in [5, 5.41) is 2.87. The molecule has 1 saturated heterocycles. The van der Waals surface area contributed by atoms with E-state index < -0.39 is 0 Å². The zero-order valence-electron chi connectivity index (χ0n) is 16.1. The van der Waals surface area contributed by atoms with E-state index in [2.05, 4.69) is 15.3 Å². The molecule has 1 aromatic heterocycles. The topological polar surface area (TPSA) is 76.6 Å². The molecule has 1 aromatic carbocycles. The van der Waals surface area contributed by atoms with Crippen molar-refractivity contribution in [2.45, 2.75) is 32.3 Å². The van der Waals surface area contributed by atoms with E-state index in [9.17, 15) is 4.79 Å². The van der Waals surface area contributed by atoms with Crippen LogP contribution in [0.4, 0.5) is 11.6 Å². The molecule has 0 spiro atoms. The minimum Gasteiger partial charge on any atom is -0.491 e. The van der Waals surface area contributed by atoms with Gasteiger partial charge in [0.25, 0.3) is 5.91 Å². The van der Waals surface area contributed by atoms with Crippen molar-refractivity contribution in [1.82, 2.24) is 9.97 Å². The molecule has 0 aliphatic carbocycles. The summed E-state index contributed by atoms with van der Waals surface area (Å²) >= 11 is 0. The van der Waals surface area contributed by atoms with Crippen molar-refractivity contribution in [3.05, 3.63) is 41.7 Å². The number of hydrogen-bond donors (Lipinski definition) is 1. The first-order valence-electron chi connectivity index (χ1n) is 9.19. The third kappa shape index (κ3) is 5.17. The maximum Gasteiger partial charge on any atom is 0.259 e. The molecule has 1 N–H and O–H groups in total. The van der Waals surface area contributed by atoms with Crippen molar-refractivity contribution < 1.29 is 14.3 Å². The summed E-state index contributed by atoms with van der Waals surface area (Å²) in [6, 6.07) is 7.33. The summed E-state index contributed by atoms with van der Waals surface area (Å²) in [6.45, 7) is 3.17. The number of amides is 1. The lowest BCUT2D eigenvalue weighted by atomic mass is 10.1. The first-order valence-corrected chi connectivity index (χ1v) is 9.19. The van der Waals surface area contributed by atoms with E-state index >= 15 is 0 Å². The molecule has 0 bridgehead atoms. The normalized spacial score (nSPS) is 16.6. The van der Waals surface area contributed by atoms with Crippen molar-refractivity contribution in [3.8, 4) is 5.75 Å². The lowest BCUT2D eigenvalue weighted by Gasteiger charge is -2.22. The first-order chi connectivity index (χ1) is 13.0. The Hall–Kier alpha value is -2.67. The van der Waals surface area contributed by atoms with Crippen LogP contribution in [0, 0.1) is 6.92 Å². The highest BCUT2D eigenvalue weighted by molar-refractivity contribution is 6.04. The van der Waals surface area contributed by atoms with Gasteiger partial charge in [0.2, 0.25) is 5.95 Å². The molecule has 0 saturated carbocycles. The Labute approximate surface area is 159 Å². The smallest absolute Gasteiger partial charge is 0.259 e. The molecule has 1 fully saturated rings. The number of rotatable bonds is 6. The highest BCUT2D eigenvalue weighted by atomic mass is 16.5. The van der Waals surface area contributed by atoms with Crippen LogP contribution in [0.15, 0.2) is 30.5 Å². The summed E-state index contributed by atoms with van der Waals surface area (Å²) in [5.41, 5.74) is 1.78. The monoisotopic (exact) mass is 370 g/mol. The van der Waals surface area contributed by atoms with E-state index in [1.54, 1.807) is 18.0 Å². The van der Waals surface area contributed by atoms with E-state index in [-0.39, 0.29) is 12.0 Å². The van der Waals surface area contributed by atoms with Gasteiger partial charge in [0.15, 0.2) is 0 Å².